The average molecular weight is 309 g/mol. The Hall–Kier alpha value is -1.51. The van der Waals surface area contributed by atoms with Crippen LogP contribution in [0.25, 0.3) is 11.0 Å². The molecule has 0 aromatic carbocycles. The number of pyridine rings is 1. The van der Waals surface area contributed by atoms with Crippen LogP contribution in [0.2, 0.25) is 0 Å². The molecule has 114 valence electrons. The van der Waals surface area contributed by atoms with Gasteiger partial charge in [0, 0.05) is 44.2 Å². The van der Waals surface area contributed by atoms with Gasteiger partial charge < -0.3 is 0 Å². The molecular weight excluding hydrogens is 290 g/mol. The zero-order valence-corrected chi connectivity index (χ0v) is 13.0. The highest BCUT2D eigenvalue weighted by Crippen LogP contribution is 2.28. The summed E-state index contributed by atoms with van der Waals surface area (Å²) in [5.74, 6) is 0.126. The maximum absolute atomic E-state index is 12.2. The van der Waals surface area contributed by atoms with Crippen molar-refractivity contribution >= 4 is 21.2 Å². The lowest BCUT2D eigenvalue weighted by Gasteiger charge is -2.33. The van der Waals surface area contributed by atoms with Crippen LogP contribution in [-0.4, -0.2) is 59.4 Å². The zero-order valence-electron chi connectivity index (χ0n) is 12.2. The minimum absolute atomic E-state index is 0.126. The summed E-state index contributed by atoms with van der Waals surface area (Å²) in [6.07, 6.45) is 3.53. The molecular formula is C13H19N5O2S. The van der Waals surface area contributed by atoms with E-state index in [4.69, 9.17) is 0 Å². The molecule has 2 aromatic rings. The van der Waals surface area contributed by atoms with Gasteiger partial charge in [0.1, 0.15) is 0 Å². The number of hydrogen-bond acceptors (Lipinski definition) is 4. The highest BCUT2D eigenvalue weighted by Gasteiger charge is 2.31. The summed E-state index contributed by atoms with van der Waals surface area (Å²) >= 11 is 0. The van der Waals surface area contributed by atoms with Gasteiger partial charge >= 0.3 is 0 Å². The largest absolute Gasteiger partial charge is 0.281 e. The predicted octanol–water partition coefficient (Wildman–Crippen LogP) is 0.944. The fourth-order valence-corrected chi connectivity index (χ4v) is 3.88. The van der Waals surface area contributed by atoms with Gasteiger partial charge in [-0.1, -0.05) is 0 Å². The third-order valence-corrected chi connectivity index (χ3v) is 5.82. The van der Waals surface area contributed by atoms with Gasteiger partial charge in [0.15, 0.2) is 5.65 Å². The molecule has 8 heteroatoms. The van der Waals surface area contributed by atoms with Crippen LogP contribution in [0.15, 0.2) is 18.3 Å². The Kier molecular flexibility index (Phi) is 3.68. The van der Waals surface area contributed by atoms with E-state index in [0.29, 0.717) is 13.1 Å². The third kappa shape index (κ3) is 2.66. The summed E-state index contributed by atoms with van der Waals surface area (Å²) in [7, 11) is -0.227. The number of aromatic amines is 1. The summed E-state index contributed by atoms with van der Waals surface area (Å²) in [5.41, 5.74) is 1.67. The number of hydrogen-bond donors (Lipinski definition) is 1. The predicted molar refractivity (Wildman–Crippen MR) is 80.0 cm³/mol. The van der Waals surface area contributed by atoms with Crippen LogP contribution < -0.4 is 0 Å². The van der Waals surface area contributed by atoms with Crippen LogP contribution in [0.5, 0.6) is 0 Å². The molecule has 0 bridgehead atoms. The number of nitrogens with one attached hydrogen (secondary N) is 1. The third-order valence-electron chi connectivity index (χ3n) is 3.91. The van der Waals surface area contributed by atoms with Gasteiger partial charge in [0.05, 0.1) is 6.20 Å². The van der Waals surface area contributed by atoms with Crippen molar-refractivity contribution < 1.29 is 8.42 Å². The Morgan fingerprint density at radius 1 is 1.38 bits per heavy atom. The molecule has 1 fully saturated rings. The van der Waals surface area contributed by atoms with E-state index in [1.807, 2.05) is 12.1 Å². The molecule has 1 aliphatic rings. The van der Waals surface area contributed by atoms with Crippen molar-refractivity contribution in [2.24, 2.45) is 0 Å². The van der Waals surface area contributed by atoms with Gasteiger partial charge in [-0.2, -0.15) is 22.1 Å². The SMILES string of the molecule is CN(C)S(=O)(=O)N1CCC[C@H](c2ccc3cn[nH]c3n2)C1. The number of piperidine rings is 1. The van der Waals surface area contributed by atoms with E-state index in [1.165, 1.54) is 4.31 Å². The van der Waals surface area contributed by atoms with E-state index in [9.17, 15) is 8.42 Å². The maximum atomic E-state index is 12.2. The van der Waals surface area contributed by atoms with Crippen molar-refractivity contribution in [3.63, 3.8) is 0 Å². The summed E-state index contributed by atoms with van der Waals surface area (Å²) < 4.78 is 27.3. The van der Waals surface area contributed by atoms with Crippen LogP contribution in [0.3, 0.4) is 0 Å². The van der Waals surface area contributed by atoms with Gasteiger partial charge in [-0.25, -0.2) is 4.98 Å². The Labute approximate surface area is 124 Å². The average Bonchev–Trinajstić information content (AvgIpc) is 2.94. The van der Waals surface area contributed by atoms with Gasteiger partial charge in [-0.05, 0) is 25.0 Å². The van der Waals surface area contributed by atoms with E-state index in [-0.39, 0.29) is 5.92 Å². The number of aromatic nitrogens is 3. The first kappa shape index (κ1) is 14.4. The van der Waals surface area contributed by atoms with Crippen LogP contribution in [-0.2, 0) is 10.2 Å². The van der Waals surface area contributed by atoms with Crippen molar-refractivity contribution in [2.45, 2.75) is 18.8 Å². The minimum Gasteiger partial charge on any atom is -0.261 e. The van der Waals surface area contributed by atoms with Crippen molar-refractivity contribution in [2.75, 3.05) is 27.2 Å². The summed E-state index contributed by atoms with van der Waals surface area (Å²) in [5, 5.41) is 7.79. The summed E-state index contributed by atoms with van der Waals surface area (Å²) in [6.45, 7) is 1.05. The maximum Gasteiger partial charge on any atom is 0.281 e. The molecule has 1 saturated heterocycles. The first-order valence-corrected chi connectivity index (χ1v) is 8.36. The van der Waals surface area contributed by atoms with Gasteiger partial charge in [0.2, 0.25) is 0 Å². The van der Waals surface area contributed by atoms with Gasteiger partial charge in [0.25, 0.3) is 10.2 Å². The number of H-pyrrole nitrogens is 1. The minimum atomic E-state index is -3.35. The molecule has 7 nitrogen and oxygen atoms in total. The fraction of sp³-hybridized carbons (Fsp3) is 0.538. The fourth-order valence-electron chi connectivity index (χ4n) is 2.69. The van der Waals surface area contributed by atoms with E-state index < -0.39 is 10.2 Å². The molecule has 0 aliphatic carbocycles. The Morgan fingerprint density at radius 3 is 2.95 bits per heavy atom. The molecule has 21 heavy (non-hydrogen) atoms. The van der Waals surface area contributed by atoms with Crippen molar-refractivity contribution in [3.05, 3.63) is 24.0 Å². The summed E-state index contributed by atoms with van der Waals surface area (Å²) in [4.78, 5) is 4.57. The van der Waals surface area contributed by atoms with Gasteiger partial charge in [-0.15, -0.1) is 0 Å². The molecule has 2 aromatic heterocycles. The second kappa shape index (κ2) is 5.36. The van der Waals surface area contributed by atoms with Crippen molar-refractivity contribution in [1.82, 2.24) is 23.8 Å². The molecule has 0 amide bonds. The molecule has 0 spiro atoms. The lowest BCUT2D eigenvalue weighted by molar-refractivity contribution is 0.296. The topological polar surface area (TPSA) is 82.2 Å². The number of rotatable bonds is 3. The molecule has 1 N–H and O–H groups in total. The highest BCUT2D eigenvalue weighted by atomic mass is 32.2. The number of fused-ring (bicyclic) bond motifs is 1. The van der Waals surface area contributed by atoms with Crippen LogP contribution >= 0.6 is 0 Å². The molecule has 1 atom stereocenters. The van der Waals surface area contributed by atoms with Crippen LogP contribution in [0.1, 0.15) is 24.5 Å². The molecule has 0 radical (unpaired) electrons. The molecule has 3 rings (SSSR count). The van der Waals surface area contributed by atoms with Crippen LogP contribution in [0.4, 0.5) is 0 Å². The first-order valence-electron chi connectivity index (χ1n) is 6.96. The Balaban J connectivity index is 1.85. The van der Waals surface area contributed by atoms with E-state index >= 15 is 0 Å². The first-order chi connectivity index (χ1) is 9.98. The zero-order chi connectivity index (χ0) is 15.0. The smallest absolute Gasteiger partial charge is 0.261 e. The Morgan fingerprint density at radius 2 is 2.19 bits per heavy atom. The normalized spacial score (nSPS) is 21.2. The number of nitrogens with zero attached hydrogens (tertiary/aromatic N) is 4. The molecule has 1 aliphatic heterocycles. The van der Waals surface area contributed by atoms with Crippen molar-refractivity contribution in [1.29, 1.82) is 0 Å². The van der Waals surface area contributed by atoms with E-state index in [0.717, 1.165) is 29.6 Å². The van der Waals surface area contributed by atoms with E-state index in [1.54, 1.807) is 24.6 Å². The quantitative estimate of drug-likeness (QED) is 0.915. The second-order valence-electron chi connectivity index (χ2n) is 5.53. The molecule has 0 unspecified atom stereocenters. The lowest BCUT2D eigenvalue weighted by Crippen LogP contribution is -2.45. The molecule has 3 heterocycles. The monoisotopic (exact) mass is 309 g/mol. The highest BCUT2D eigenvalue weighted by molar-refractivity contribution is 7.86. The van der Waals surface area contributed by atoms with Crippen molar-refractivity contribution in [3.8, 4) is 0 Å². The van der Waals surface area contributed by atoms with Gasteiger partial charge in [-0.3, -0.25) is 5.10 Å². The second-order valence-corrected chi connectivity index (χ2v) is 7.67. The molecule has 0 saturated carbocycles. The van der Waals surface area contributed by atoms with Crippen LogP contribution in [0, 0.1) is 0 Å². The lowest BCUT2D eigenvalue weighted by atomic mass is 9.95. The summed E-state index contributed by atoms with van der Waals surface area (Å²) in [6, 6.07) is 3.94. The Bertz CT molecular complexity index is 740. The van der Waals surface area contributed by atoms with E-state index in [2.05, 4.69) is 15.2 Å². The standard InChI is InChI=1S/C13H19N5O2S/c1-17(2)21(19,20)18-7-3-4-11(9-18)12-6-5-10-8-14-16-13(10)15-12/h5-6,8,11H,3-4,7,9H2,1-2H3,(H,14,15,16)/t11-/m0/s1.